The molecule has 0 radical (unpaired) electrons. The van der Waals surface area contributed by atoms with Crippen molar-refractivity contribution in [2.24, 2.45) is 40.7 Å². The van der Waals surface area contributed by atoms with E-state index in [2.05, 4.69) is 19.6 Å². The fraction of sp³-hybridized carbons (Fsp3) is 0.913. The second-order valence-electron chi connectivity index (χ2n) is 10.1. The number of fused-ring (bicyclic) bond motifs is 5. The van der Waals surface area contributed by atoms with Gasteiger partial charge < -0.3 is 5.73 Å². The molecule has 0 saturated heterocycles. The van der Waals surface area contributed by atoms with E-state index in [-0.39, 0.29) is 5.54 Å². The molecule has 0 spiro atoms. The van der Waals surface area contributed by atoms with Gasteiger partial charge in [0.15, 0.2) is 0 Å². The van der Waals surface area contributed by atoms with Crippen molar-refractivity contribution < 1.29 is 0 Å². The highest BCUT2D eigenvalue weighted by Crippen LogP contribution is 2.64. The second kappa shape index (κ2) is 6.45. The fourth-order valence-corrected chi connectivity index (χ4v) is 8.00. The quantitative estimate of drug-likeness (QED) is 0.490. The summed E-state index contributed by atoms with van der Waals surface area (Å²) in [5.41, 5.74) is 7.65. The van der Waals surface area contributed by atoms with Crippen LogP contribution in [0, 0.1) is 35.0 Å². The van der Waals surface area contributed by atoms with Gasteiger partial charge in [0.05, 0.1) is 0 Å². The van der Waals surface area contributed by atoms with Gasteiger partial charge in [0, 0.05) is 5.54 Å². The van der Waals surface area contributed by atoms with Crippen LogP contribution in [0.4, 0.5) is 0 Å². The summed E-state index contributed by atoms with van der Waals surface area (Å²) in [5, 5.41) is 0. The van der Waals surface area contributed by atoms with Crippen molar-refractivity contribution in [2.45, 2.75) is 95.9 Å². The van der Waals surface area contributed by atoms with E-state index in [1.54, 1.807) is 0 Å². The molecule has 0 aromatic carbocycles. The second-order valence-corrected chi connectivity index (χ2v) is 10.1. The third-order valence-corrected chi connectivity index (χ3v) is 9.34. The van der Waals surface area contributed by atoms with Crippen LogP contribution in [0.1, 0.15) is 90.4 Å². The third-order valence-electron chi connectivity index (χ3n) is 9.34. The Morgan fingerprint density at radius 3 is 2.58 bits per heavy atom. The molecule has 4 fully saturated rings. The molecule has 0 aliphatic heterocycles. The highest BCUT2D eigenvalue weighted by Gasteiger charge is 2.59. The summed E-state index contributed by atoms with van der Waals surface area (Å²) in [4.78, 5) is 0. The minimum absolute atomic E-state index is 0.168. The molecule has 0 aromatic rings. The van der Waals surface area contributed by atoms with Gasteiger partial charge in [-0.15, -0.1) is 6.58 Å². The molecular formula is C23H39N. The fourth-order valence-electron chi connectivity index (χ4n) is 8.00. The predicted octanol–water partition coefficient (Wildman–Crippen LogP) is 6.08. The van der Waals surface area contributed by atoms with Gasteiger partial charge in [0.2, 0.25) is 0 Å². The molecule has 7 unspecified atom stereocenters. The molecular weight excluding hydrogens is 290 g/mol. The molecule has 0 bridgehead atoms. The maximum Gasteiger partial charge on any atom is 0.0211 e. The van der Waals surface area contributed by atoms with Crippen molar-refractivity contribution in [1.82, 2.24) is 0 Å². The molecule has 4 saturated carbocycles. The normalized spacial score (nSPS) is 50.7. The van der Waals surface area contributed by atoms with Crippen LogP contribution in [0.3, 0.4) is 0 Å². The highest BCUT2D eigenvalue weighted by molar-refractivity contribution is 5.13. The summed E-state index contributed by atoms with van der Waals surface area (Å²) in [6, 6.07) is 0. The summed E-state index contributed by atoms with van der Waals surface area (Å²) in [7, 11) is 0. The van der Waals surface area contributed by atoms with Crippen LogP contribution in [-0.4, -0.2) is 5.54 Å². The smallest absolute Gasteiger partial charge is 0.0211 e. The first-order valence-electron chi connectivity index (χ1n) is 11.0. The van der Waals surface area contributed by atoms with E-state index in [0.29, 0.717) is 5.41 Å². The maximum atomic E-state index is 7.04. The molecule has 1 heteroatoms. The number of allylic oxidation sites excluding steroid dienone is 1. The Balaban J connectivity index is 1.49. The molecule has 4 aliphatic carbocycles. The molecule has 0 heterocycles. The van der Waals surface area contributed by atoms with Crippen molar-refractivity contribution in [3.05, 3.63) is 12.7 Å². The first-order chi connectivity index (χ1) is 11.6. The molecule has 4 rings (SSSR count). The average molecular weight is 330 g/mol. The summed E-state index contributed by atoms with van der Waals surface area (Å²) in [6.07, 6.45) is 20.5. The van der Waals surface area contributed by atoms with Gasteiger partial charge in [-0.1, -0.05) is 25.8 Å². The molecule has 2 N–H and O–H groups in total. The zero-order valence-electron chi connectivity index (χ0n) is 15.9. The Labute approximate surface area is 149 Å². The van der Waals surface area contributed by atoms with Crippen LogP contribution in [0.2, 0.25) is 0 Å². The van der Waals surface area contributed by atoms with Crippen molar-refractivity contribution in [1.29, 1.82) is 0 Å². The van der Waals surface area contributed by atoms with Gasteiger partial charge in [0.1, 0.15) is 0 Å². The van der Waals surface area contributed by atoms with Crippen LogP contribution in [0.5, 0.6) is 0 Å². The lowest BCUT2D eigenvalue weighted by Gasteiger charge is -2.63. The first kappa shape index (κ1) is 17.1. The van der Waals surface area contributed by atoms with Crippen molar-refractivity contribution in [3.8, 4) is 0 Å². The lowest BCUT2D eigenvalue weighted by molar-refractivity contribution is -0.101. The number of hydrogen-bond acceptors (Lipinski definition) is 1. The van der Waals surface area contributed by atoms with Gasteiger partial charge in [0.25, 0.3) is 0 Å². The van der Waals surface area contributed by atoms with Crippen LogP contribution in [0.15, 0.2) is 12.7 Å². The lowest BCUT2D eigenvalue weighted by Crippen LogP contribution is -2.64. The summed E-state index contributed by atoms with van der Waals surface area (Å²) < 4.78 is 0. The molecule has 7 atom stereocenters. The van der Waals surface area contributed by atoms with Crippen LogP contribution in [-0.2, 0) is 0 Å². The first-order valence-corrected chi connectivity index (χ1v) is 11.0. The topological polar surface area (TPSA) is 26.0 Å². The van der Waals surface area contributed by atoms with E-state index in [9.17, 15) is 0 Å². The van der Waals surface area contributed by atoms with E-state index in [0.717, 1.165) is 29.6 Å². The largest absolute Gasteiger partial charge is 0.325 e. The molecule has 1 nitrogen and oxygen atoms in total. The summed E-state index contributed by atoms with van der Waals surface area (Å²) in [5.74, 6) is 5.06. The monoisotopic (exact) mass is 329 g/mol. The van der Waals surface area contributed by atoms with Crippen LogP contribution in [0.25, 0.3) is 0 Å². The van der Waals surface area contributed by atoms with Gasteiger partial charge >= 0.3 is 0 Å². The van der Waals surface area contributed by atoms with Gasteiger partial charge in [-0.05, 0) is 106 Å². The van der Waals surface area contributed by atoms with Gasteiger partial charge in [-0.2, -0.15) is 0 Å². The van der Waals surface area contributed by atoms with E-state index < -0.39 is 0 Å². The molecule has 136 valence electrons. The van der Waals surface area contributed by atoms with Crippen LogP contribution >= 0.6 is 0 Å². The van der Waals surface area contributed by atoms with Crippen molar-refractivity contribution in [3.63, 3.8) is 0 Å². The van der Waals surface area contributed by atoms with Crippen molar-refractivity contribution >= 4 is 0 Å². The minimum atomic E-state index is 0.168. The molecule has 0 amide bonds. The Morgan fingerprint density at radius 2 is 1.75 bits per heavy atom. The maximum absolute atomic E-state index is 7.04. The molecule has 0 aromatic heterocycles. The number of rotatable bonds is 4. The van der Waals surface area contributed by atoms with E-state index in [1.807, 2.05) is 0 Å². The SMILES string of the molecule is C=CCCCC1CCC2C1CCC1C2CCC2(N)CCCCC12C. The number of nitrogens with two attached hydrogens (primary N) is 1. The Kier molecular flexibility index (Phi) is 4.61. The van der Waals surface area contributed by atoms with Crippen molar-refractivity contribution in [2.75, 3.05) is 0 Å². The van der Waals surface area contributed by atoms with E-state index >= 15 is 0 Å². The van der Waals surface area contributed by atoms with Gasteiger partial charge in [-0.25, -0.2) is 0 Å². The van der Waals surface area contributed by atoms with Crippen LogP contribution < -0.4 is 5.73 Å². The van der Waals surface area contributed by atoms with E-state index in [1.165, 1.54) is 83.5 Å². The number of hydrogen-bond donors (Lipinski definition) is 1. The zero-order chi connectivity index (χ0) is 16.8. The predicted molar refractivity (Wildman–Crippen MR) is 103 cm³/mol. The summed E-state index contributed by atoms with van der Waals surface area (Å²) in [6.45, 7) is 6.50. The molecule has 24 heavy (non-hydrogen) atoms. The third kappa shape index (κ3) is 2.52. The Bertz CT molecular complexity index is 471. The summed E-state index contributed by atoms with van der Waals surface area (Å²) >= 11 is 0. The van der Waals surface area contributed by atoms with E-state index in [4.69, 9.17) is 5.73 Å². The van der Waals surface area contributed by atoms with Gasteiger partial charge in [-0.3, -0.25) is 0 Å². The number of unbranched alkanes of at least 4 members (excludes halogenated alkanes) is 1. The zero-order valence-corrected chi connectivity index (χ0v) is 15.9. The highest BCUT2D eigenvalue weighted by atomic mass is 14.8. The molecule has 4 aliphatic rings. The Morgan fingerprint density at radius 1 is 0.958 bits per heavy atom. The minimum Gasteiger partial charge on any atom is -0.325 e. The standard InChI is InChI=1S/C23H39N/c1-3-4-5-8-17-9-10-19-18(17)11-12-21-20(19)13-16-23(24)15-7-6-14-22(21,23)2/h3,17-21H,1,4-16,24H2,2H3. The average Bonchev–Trinajstić information content (AvgIpc) is 2.99. The Hall–Kier alpha value is -0.300. The lowest BCUT2D eigenvalue weighted by atomic mass is 9.44.